The normalized spacial score (nSPS) is 15.5. The zero-order valence-corrected chi connectivity index (χ0v) is 24.3. The first-order chi connectivity index (χ1) is 18.9. The lowest BCUT2D eigenvalue weighted by molar-refractivity contribution is -0.141. The summed E-state index contributed by atoms with van der Waals surface area (Å²) < 4.78 is 71.3. The first kappa shape index (κ1) is 30.1. The fourth-order valence-electron chi connectivity index (χ4n) is 4.47. The highest BCUT2D eigenvalue weighted by Gasteiger charge is 2.36. The van der Waals surface area contributed by atoms with Crippen molar-refractivity contribution in [1.29, 1.82) is 0 Å². The fourth-order valence-corrected chi connectivity index (χ4v) is 7.71. The molecule has 3 heterocycles. The van der Waals surface area contributed by atoms with Crippen LogP contribution in [0.5, 0.6) is 0 Å². The Bertz CT molecular complexity index is 1480. The van der Waals surface area contributed by atoms with Crippen LogP contribution in [0.1, 0.15) is 66.0 Å². The molecule has 0 fully saturated rings. The molecule has 4 rings (SSSR count). The molecule has 0 saturated carbocycles. The summed E-state index contributed by atoms with van der Waals surface area (Å²) in [7, 11) is -4.33. The van der Waals surface area contributed by atoms with Crippen molar-refractivity contribution in [2.45, 2.75) is 63.7 Å². The lowest BCUT2D eigenvalue weighted by Gasteiger charge is -2.20. The van der Waals surface area contributed by atoms with E-state index in [1.807, 2.05) is 0 Å². The number of hydrogen-bond donors (Lipinski definition) is 1. The fraction of sp³-hybridized carbons (Fsp3) is 0.462. The molecule has 1 atom stereocenters. The van der Waals surface area contributed by atoms with Gasteiger partial charge in [0, 0.05) is 11.3 Å². The summed E-state index contributed by atoms with van der Waals surface area (Å²) in [4.78, 5) is 34.0. The van der Waals surface area contributed by atoms with Crippen LogP contribution in [0.4, 0.5) is 18.2 Å². The minimum Gasteiger partial charge on any atom is -0.462 e. The number of sulfone groups is 1. The minimum atomic E-state index is -4.87. The van der Waals surface area contributed by atoms with Gasteiger partial charge in [-0.05, 0) is 61.6 Å². The first-order valence-electron chi connectivity index (χ1n) is 12.8. The number of halogens is 3. The van der Waals surface area contributed by atoms with E-state index >= 15 is 0 Å². The summed E-state index contributed by atoms with van der Waals surface area (Å²) in [5.74, 6) is -1.17. The average Bonchev–Trinajstić information content (AvgIpc) is 3.55. The Hall–Kier alpha value is -2.84. The number of rotatable bonds is 10. The van der Waals surface area contributed by atoms with Crippen LogP contribution in [0, 0.1) is 5.92 Å². The van der Waals surface area contributed by atoms with Crippen molar-refractivity contribution in [1.82, 2.24) is 9.97 Å². The van der Waals surface area contributed by atoms with Gasteiger partial charge in [-0.25, -0.2) is 23.2 Å². The molecular weight excluding hydrogens is 587 g/mol. The molecule has 1 aliphatic carbocycles. The summed E-state index contributed by atoms with van der Waals surface area (Å²) in [5.41, 5.74) is -0.280. The van der Waals surface area contributed by atoms with Crippen molar-refractivity contribution >= 4 is 49.4 Å². The largest absolute Gasteiger partial charge is 0.462 e. The molecule has 0 spiro atoms. The van der Waals surface area contributed by atoms with E-state index in [1.165, 1.54) is 17.4 Å². The van der Waals surface area contributed by atoms with Gasteiger partial charge in [-0.1, -0.05) is 19.4 Å². The number of anilines is 1. The second-order valence-corrected chi connectivity index (χ2v) is 13.4. The third-order valence-electron chi connectivity index (χ3n) is 6.54. The molecule has 0 saturated heterocycles. The Morgan fingerprint density at radius 2 is 2.00 bits per heavy atom. The lowest BCUT2D eigenvalue weighted by atomic mass is 9.85. The van der Waals surface area contributed by atoms with Crippen LogP contribution >= 0.6 is 22.7 Å². The molecule has 40 heavy (non-hydrogen) atoms. The molecule has 216 valence electrons. The topological polar surface area (TPSA) is 115 Å². The summed E-state index contributed by atoms with van der Waals surface area (Å²) >= 11 is 2.44. The van der Waals surface area contributed by atoms with Crippen LogP contribution in [0.25, 0.3) is 10.6 Å². The van der Waals surface area contributed by atoms with Crippen molar-refractivity contribution in [2.24, 2.45) is 5.92 Å². The Balaban J connectivity index is 1.48. The van der Waals surface area contributed by atoms with Gasteiger partial charge >= 0.3 is 12.1 Å². The van der Waals surface area contributed by atoms with Gasteiger partial charge in [0.1, 0.15) is 10.7 Å². The summed E-state index contributed by atoms with van der Waals surface area (Å²) in [6.45, 7) is 3.98. The Morgan fingerprint density at radius 3 is 2.65 bits per heavy atom. The van der Waals surface area contributed by atoms with Crippen molar-refractivity contribution in [3.63, 3.8) is 0 Å². The second kappa shape index (κ2) is 12.4. The number of ether oxygens (including phenoxy) is 1. The molecule has 0 bridgehead atoms. The van der Waals surface area contributed by atoms with E-state index < -0.39 is 44.5 Å². The third kappa shape index (κ3) is 6.89. The van der Waals surface area contributed by atoms with Gasteiger partial charge in [0.2, 0.25) is 20.9 Å². The van der Waals surface area contributed by atoms with E-state index in [0.29, 0.717) is 33.8 Å². The van der Waals surface area contributed by atoms with Gasteiger partial charge in [-0.2, -0.15) is 13.2 Å². The number of thiophene rings is 2. The number of hydrogen-bond acceptors (Lipinski definition) is 9. The Kier molecular flexibility index (Phi) is 9.30. The minimum absolute atomic E-state index is 0.146. The predicted octanol–water partition coefficient (Wildman–Crippen LogP) is 6.17. The number of alkyl halides is 3. The van der Waals surface area contributed by atoms with E-state index in [9.17, 15) is 31.2 Å². The van der Waals surface area contributed by atoms with Crippen LogP contribution in [0.15, 0.2) is 28.7 Å². The maximum absolute atomic E-state index is 13.4. The van der Waals surface area contributed by atoms with Crippen molar-refractivity contribution in [3.05, 3.63) is 45.3 Å². The van der Waals surface area contributed by atoms with Gasteiger partial charge in [0.15, 0.2) is 0 Å². The molecule has 1 N–H and O–H groups in total. The van der Waals surface area contributed by atoms with E-state index in [4.69, 9.17) is 4.74 Å². The van der Waals surface area contributed by atoms with Gasteiger partial charge in [0.25, 0.3) is 0 Å². The van der Waals surface area contributed by atoms with Gasteiger partial charge < -0.3 is 10.1 Å². The summed E-state index contributed by atoms with van der Waals surface area (Å²) in [6.07, 6.45) is -1.83. The standard InChI is InChI=1S/C26H28F3N3O5S3/c1-3-15-9-10-16-19(13-15)39-23(22(16)24(34)37-4-2)32-21(33)8-6-12-40(35,36)25-30-17(18-7-5-11-38-18)14-20(31-25)26(27,28)29/h5,7,11,14-15H,3-4,6,8-10,12-13H2,1-2H3,(H,32,33). The van der Waals surface area contributed by atoms with E-state index in [0.717, 1.165) is 41.0 Å². The number of esters is 1. The summed E-state index contributed by atoms with van der Waals surface area (Å²) in [6, 6.07) is 3.85. The lowest BCUT2D eigenvalue weighted by Crippen LogP contribution is -2.19. The van der Waals surface area contributed by atoms with Gasteiger partial charge in [-0.15, -0.1) is 22.7 Å². The molecule has 8 nitrogen and oxygen atoms in total. The highest BCUT2D eigenvalue weighted by molar-refractivity contribution is 7.91. The molecule has 0 aromatic carbocycles. The molecule has 3 aromatic rings. The zero-order chi connectivity index (χ0) is 29.1. The average molecular weight is 616 g/mol. The molecule has 1 unspecified atom stereocenters. The molecule has 3 aromatic heterocycles. The number of aromatic nitrogens is 2. The smallest absolute Gasteiger partial charge is 0.433 e. The summed E-state index contributed by atoms with van der Waals surface area (Å²) in [5, 5.41) is 3.80. The van der Waals surface area contributed by atoms with Crippen LogP contribution in [0.2, 0.25) is 0 Å². The Labute approximate surface area is 237 Å². The second-order valence-electron chi connectivity index (χ2n) is 9.31. The number of carbonyl (C=O) groups excluding carboxylic acids is 2. The molecule has 0 aliphatic heterocycles. The number of nitrogens with one attached hydrogen (secondary N) is 1. The first-order valence-corrected chi connectivity index (χ1v) is 16.1. The van der Waals surface area contributed by atoms with Crippen molar-refractivity contribution in [3.8, 4) is 10.6 Å². The molecule has 14 heteroatoms. The SMILES string of the molecule is CCOC(=O)c1c(NC(=O)CCCS(=O)(=O)c2nc(-c3cccs3)cc(C(F)(F)F)n2)sc2c1CCC(CC)C2. The maximum Gasteiger partial charge on any atom is 0.433 e. The number of carbonyl (C=O) groups is 2. The number of amides is 1. The molecule has 1 amide bonds. The van der Waals surface area contributed by atoms with Gasteiger partial charge in [0.05, 0.1) is 28.5 Å². The van der Waals surface area contributed by atoms with Crippen molar-refractivity contribution < 1.29 is 35.9 Å². The highest BCUT2D eigenvalue weighted by Crippen LogP contribution is 2.41. The highest BCUT2D eigenvalue weighted by atomic mass is 32.2. The predicted molar refractivity (Wildman–Crippen MR) is 146 cm³/mol. The quantitative estimate of drug-likeness (QED) is 0.214. The monoisotopic (exact) mass is 615 g/mol. The van der Waals surface area contributed by atoms with E-state index in [1.54, 1.807) is 18.4 Å². The van der Waals surface area contributed by atoms with Crippen LogP contribution in [0.3, 0.4) is 0 Å². The van der Waals surface area contributed by atoms with E-state index in [2.05, 4.69) is 22.2 Å². The van der Waals surface area contributed by atoms with Crippen molar-refractivity contribution in [2.75, 3.05) is 17.7 Å². The zero-order valence-electron chi connectivity index (χ0n) is 21.8. The Morgan fingerprint density at radius 1 is 1.23 bits per heavy atom. The molecule has 0 radical (unpaired) electrons. The molecule has 1 aliphatic rings. The number of fused-ring (bicyclic) bond motifs is 1. The molecular formula is C26H28F3N3O5S3. The van der Waals surface area contributed by atoms with E-state index in [-0.39, 0.29) is 25.1 Å². The number of nitrogens with zero attached hydrogens (tertiary/aromatic N) is 2. The van der Waals surface area contributed by atoms with Gasteiger partial charge in [-0.3, -0.25) is 4.79 Å². The maximum atomic E-state index is 13.4. The van der Waals surface area contributed by atoms with Crippen LogP contribution in [-0.4, -0.2) is 42.6 Å². The third-order valence-corrected chi connectivity index (χ3v) is 10.2. The van der Waals surface area contributed by atoms with Crippen LogP contribution < -0.4 is 5.32 Å². The van der Waals surface area contributed by atoms with Crippen LogP contribution in [-0.2, 0) is 38.4 Å².